The number of ether oxygens (including phenoxy) is 1. The van der Waals surface area contributed by atoms with Gasteiger partial charge in [-0.3, -0.25) is 9.78 Å². The zero-order valence-corrected chi connectivity index (χ0v) is 16.5. The van der Waals surface area contributed by atoms with E-state index in [1.807, 2.05) is 50.5 Å². The Kier molecular flexibility index (Phi) is 5.39. The summed E-state index contributed by atoms with van der Waals surface area (Å²) < 4.78 is 5.86. The Morgan fingerprint density at radius 2 is 1.90 bits per heavy atom. The number of hydrogen-bond donors (Lipinski definition) is 2. The van der Waals surface area contributed by atoms with E-state index >= 15 is 0 Å². The normalized spacial score (nSPS) is 11.3. The molecule has 3 aromatic heterocycles. The molecule has 0 atom stereocenters. The molecule has 29 heavy (non-hydrogen) atoms. The molecular formula is C22H23N5O2. The molecule has 3 heterocycles. The van der Waals surface area contributed by atoms with Gasteiger partial charge in [0.15, 0.2) is 0 Å². The predicted molar refractivity (Wildman–Crippen MR) is 114 cm³/mol. The minimum atomic E-state index is -0.241. The maximum absolute atomic E-state index is 12.4. The number of rotatable bonds is 7. The summed E-state index contributed by atoms with van der Waals surface area (Å²) in [6.07, 6.45) is 4.36. The molecule has 0 unspecified atom stereocenters. The predicted octanol–water partition coefficient (Wildman–Crippen LogP) is 3.31. The Morgan fingerprint density at radius 3 is 2.69 bits per heavy atom. The highest BCUT2D eigenvalue weighted by Crippen LogP contribution is 2.27. The molecule has 2 N–H and O–H groups in total. The number of benzene rings is 1. The van der Waals surface area contributed by atoms with Crippen molar-refractivity contribution in [3.05, 3.63) is 65.2 Å². The summed E-state index contributed by atoms with van der Waals surface area (Å²) in [7, 11) is 4.10. The third-order valence-electron chi connectivity index (χ3n) is 4.68. The van der Waals surface area contributed by atoms with Gasteiger partial charge in [-0.2, -0.15) is 5.10 Å². The van der Waals surface area contributed by atoms with Crippen LogP contribution >= 0.6 is 0 Å². The van der Waals surface area contributed by atoms with E-state index in [0.29, 0.717) is 17.9 Å². The summed E-state index contributed by atoms with van der Waals surface area (Å²) in [4.78, 5) is 21.9. The number of H-pyrrole nitrogens is 2. The molecule has 1 aromatic carbocycles. The fourth-order valence-corrected chi connectivity index (χ4v) is 3.19. The molecule has 0 bridgehead atoms. The van der Waals surface area contributed by atoms with E-state index in [2.05, 4.69) is 25.1 Å². The lowest BCUT2D eigenvalue weighted by Gasteiger charge is -2.10. The van der Waals surface area contributed by atoms with Crippen molar-refractivity contribution in [3.8, 4) is 28.3 Å². The van der Waals surface area contributed by atoms with Crippen LogP contribution < -0.4 is 10.3 Å². The zero-order chi connectivity index (χ0) is 20.2. The highest BCUT2D eigenvalue weighted by Gasteiger charge is 2.11. The minimum absolute atomic E-state index is 0.241. The second-order valence-electron chi connectivity index (χ2n) is 7.17. The molecule has 4 rings (SSSR count). The fraction of sp³-hybridized carbons (Fsp3) is 0.227. The van der Waals surface area contributed by atoms with Crippen LogP contribution in [0, 0.1) is 0 Å². The second kappa shape index (κ2) is 8.28. The molecule has 0 spiro atoms. The van der Waals surface area contributed by atoms with Crippen LogP contribution in [0.1, 0.15) is 6.42 Å². The molecular weight excluding hydrogens is 366 g/mol. The van der Waals surface area contributed by atoms with Crippen molar-refractivity contribution in [2.24, 2.45) is 0 Å². The Balaban J connectivity index is 1.60. The van der Waals surface area contributed by atoms with Gasteiger partial charge in [-0.1, -0.05) is 0 Å². The van der Waals surface area contributed by atoms with Gasteiger partial charge in [0.2, 0.25) is 0 Å². The van der Waals surface area contributed by atoms with Gasteiger partial charge in [0.05, 0.1) is 23.6 Å². The number of aromatic amines is 2. The first-order valence-corrected chi connectivity index (χ1v) is 9.51. The van der Waals surface area contributed by atoms with E-state index in [-0.39, 0.29) is 5.56 Å². The SMILES string of the molecule is CN(C)CCCOc1ccc2[nH]c(-c3cc(-c4ccncc4)n[nH]c3=O)cc2c1. The number of hydrogen-bond acceptors (Lipinski definition) is 5. The lowest BCUT2D eigenvalue weighted by atomic mass is 10.1. The van der Waals surface area contributed by atoms with Crippen molar-refractivity contribution in [3.63, 3.8) is 0 Å². The monoisotopic (exact) mass is 389 g/mol. The third-order valence-corrected chi connectivity index (χ3v) is 4.68. The molecule has 0 radical (unpaired) electrons. The first-order chi connectivity index (χ1) is 14.1. The highest BCUT2D eigenvalue weighted by molar-refractivity contribution is 5.87. The average molecular weight is 389 g/mol. The van der Waals surface area contributed by atoms with Gasteiger partial charge >= 0.3 is 0 Å². The van der Waals surface area contributed by atoms with Gasteiger partial charge in [0, 0.05) is 35.4 Å². The standard InChI is InChI=1S/C22H23N5O2/c1-27(2)10-3-11-29-17-4-5-19-16(12-17)13-21(24-19)18-14-20(25-26-22(18)28)15-6-8-23-9-7-15/h4-9,12-14,24H,3,10-11H2,1-2H3,(H,26,28). The quantitative estimate of drug-likeness (QED) is 0.474. The largest absolute Gasteiger partial charge is 0.494 e. The van der Waals surface area contributed by atoms with E-state index in [1.165, 1.54) is 0 Å². The lowest BCUT2D eigenvalue weighted by molar-refractivity contribution is 0.282. The van der Waals surface area contributed by atoms with Gasteiger partial charge < -0.3 is 14.6 Å². The summed E-state index contributed by atoms with van der Waals surface area (Å²) >= 11 is 0. The van der Waals surface area contributed by atoms with Crippen molar-refractivity contribution in [2.45, 2.75) is 6.42 Å². The zero-order valence-electron chi connectivity index (χ0n) is 16.5. The van der Waals surface area contributed by atoms with E-state index in [4.69, 9.17) is 4.74 Å². The highest BCUT2D eigenvalue weighted by atomic mass is 16.5. The topological polar surface area (TPSA) is 86.9 Å². The fourth-order valence-electron chi connectivity index (χ4n) is 3.19. The summed E-state index contributed by atoms with van der Waals surface area (Å²) in [6.45, 7) is 1.65. The minimum Gasteiger partial charge on any atom is -0.494 e. The van der Waals surface area contributed by atoms with Crippen LogP contribution in [-0.4, -0.2) is 52.3 Å². The van der Waals surface area contributed by atoms with Crippen LogP contribution in [0.25, 0.3) is 33.4 Å². The molecule has 0 saturated heterocycles. The van der Waals surface area contributed by atoms with Gasteiger partial charge in [-0.15, -0.1) is 0 Å². The molecule has 7 nitrogen and oxygen atoms in total. The first kappa shape index (κ1) is 18.9. The summed E-state index contributed by atoms with van der Waals surface area (Å²) in [5.41, 5.74) is 3.56. The molecule has 7 heteroatoms. The molecule has 0 aliphatic carbocycles. The van der Waals surface area contributed by atoms with Crippen LogP contribution in [0.2, 0.25) is 0 Å². The number of pyridine rings is 1. The summed E-state index contributed by atoms with van der Waals surface area (Å²) in [5.74, 6) is 0.822. The molecule has 4 aromatic rings. The van der Waals surface area contributed by atoms with Crippen molar-refractivity contribution in [1.82, 2.24) is 25.1 Å². The van der Waals surface area contributed by atoms with E-state index in [0.717, 1.165) is 40.9 Å². The number of nitrogens with zero attached hydrogens (tertiary/aromatic N) is 3. The van der Waals surface area contributed by atoms with Gasteiger partial charge in [0.1, 0.15) is 5.75 Å². The third kappa shape index (κ3) is 4.35. The molecule has 148 valence electrons. The van der Waals surface area contributed by atoms with Crippen LogP contribution in [0.3, 0.4) is 0 Å². The first-order valence-electron chi connectivity index (χ1n) is 9.51. The molecule has 0 aliphatic rings. The second-order valence-corrected chi connectivity index (χ2v) is 7.17. The van der Waals surface area contributed by atoms with Gasteiger partial charge in [-0.25, -0.2) is 5.10 Å². The van der Waals surface area contributed by atoms with Crippen molar-refractivity contribution in [2.75, 3.05) is 27.2 Å². The van der Waals surface area contributed by atoms with Gasteiger partial charge in [-0.05, 0) is 63.0 Å². The Bertz CT molecular complexity index is 1160. The van der Waals surface area contributed by atoms with Crippen molar-refractivity contribution in [1.29, 1.82) is 0 Å². The Morgan fingerprint density at radius 1 is 1.07 bits per heavy atom. The Hall–Kier alpha value is -3.45. The molecule has 0 aliphatic heterocycles. The molecule has 0 fully saturated rings. The van der Waals surface area contributed by atoms with Crippen molar-refractivity contribution >= 4 is 10.9 Å². The lowest BCUT2D eigenvalue weighted by Crippen LogP contribution is -2.15. The van der Waals surface area contributed by atoms with Crippen LogP contribution in [0.15, 0.2) is 59.7 Å². The summed E-state index contributed by atoms with van der Waals surface area (Å²) in [6, 6.07) is 13.4. The van der Waals surface area contributed by atoms with Crippen LogP contribution in [-0.2, 0) is 0 Å². The molecule has 0 saturated carbocycles. The number of fused-ring (bicyclic) bond motifs is 1. The molecule has 0 amide bonds. The van der Waals surface area contributed by atoms with Crippen molar-refractivity contribution < 1.29 is 4.74 Å². The van der Waals surface area contributed by atoms with Gasteiger partial charge in [0.25, 0.3) is 5.56 Å². The van der Waals surface area contributed by atoms with E-state index in [1.54, 1.807) is 18.5 Å². The van der Waals surface area contributed by atoms with Crippen LogP contribution in [0.5, 0.6) is 5.75 Å². The number of aromatic nitrogens is 4. The maximum atomic E-state index is 12.4. The number of nitrogens with one attached hydrogen (secondary N) is 2. The summed E-state index contributed by atoms with van der Waals surface area (Å²) in [5, 5.41) is 7.74. The Labute approximate surface area is 168 Å². The average Bonchev–Trinajstić information content (AvgIpc) is 3.15. The maximum Gasteiger partial charge on any atom is 0.273 e. The van der Waals surface area contributed by atoms with Crippen LogP contribution in [0.4, 0.5) is 0 Å². The van der Waals surface area contributed by atoms with E-state index < -0.39 is 0 Å². The van der Waals surface area contributed by atoms with E-state index in [9.17, 15) is 4.79 Å². The smallest absolute Gasteiger partial charge is 0.273 e.